The highest BCUT2D eigenvalue weighted by Gasteiger charge is 2.41. The van der Waals surface area contributed by atoms with E-state index < -0.39 is 0 Å². The van der Waals surface area contributed by atoms with Crippen LogP contribution in [-0.2, 0) is 0 Å². The third-order valence-corrected chi connectivity index (χ3v) is 6.09. The van der Waals surface area contributed by atoms with Gasteiger partial charge in [0.05, 0.1) is 0 Å². The molecule has 3 aliphatic rings. The maximum atomic E-state index is 4.03. The van der Waals surface area contributed by atoms with Gasteiger partial charge in [-0.15, -0.1) is 0 Å². The molecule has 0 aromatic rings. The van der Waals surface area contributed by atoms with Crippen LogP contribution in [-0.4, -0.2) is 12.6 Å². The lowest BCUT2D eigenvalue weighted by Crippen LogP contribution is -2.45. The highest BCUT2D eigenvalue weighted by molar-refractivity contribution is 4.94. The van der Waals surface area contributed by atoms with E-state index in [9.17, 15) is 0 Å². The zero-order valence-electron chi connectivity index (χ0n) is 13.2. The van der Waals surface area contributed by atoms with Gasteiger partial charge in [0.1, 0.15) is 0 Å². The van der Waals surface area contributed by atoms with Crippen LogP contribution in [0.4, 0.5) is 0 Å². The fourth-order valence-corrected chi connectivity index (χ4v) is 4.49. The number of nitrogens with one attached hydrogen (secondary N) is 1. The third kappa shape index (κ3) is 3.54. The summed E-state index contributed by atoms with van der Waals surface area (Å²) in [4.78, 5) is 0. The van der Waals surface area contributed by atoms with Crippen molar-refractivity contribution in [2.75, 3.05) is 6.54 Å². The highest BCUT2D eigenvalue weighted by Crippen LogP contribution is 2.49. The topological polar surface area (TPSA) is 12.0 Å². The minimum atomic E-state index is 0.809. The van der Waals surface area contributed by atoms with Crippen molar-refractivity contribution in [3.63, 3.8) is 0 Å². The van der Waals surface area contributed by atoms with Gasteiger partial charge in [-0.1, -0.05) is 27.2 Å². The maximum Gasteiger partial charge on any atom is 0.0100 e. The molecule has 19 heavy (non-hydrogen) atoms. The lowest BCUT2D eigenvalue weighted by molar-refractivity contribution is 0.161. The minimum absolute atomic E-state index is 0.809. The molecule has 0 heterocycles. The first kappa shape index (κ1) is 13.9. The number of rotatable bonds is 6. The van der Waals surface area contributed by atoms with Crippen LogP contribution in [0.2, 0.25) is 0 Å². The molecule has 110 valence electrons. The Morgan fingerprint density at radius 1 is 0.947 bits per heavy atom. The van der Waals surface area contributed by atoms with Crippen LogP contribution in [0.1, 0.15) is 65.7 Å². The molecular formula is C18H33N. The van der Waals surface area contributed by atoms with Gasteiger partial charge in [0.2, 0.25) is 0 Å². The van der Waals surface area contributed by atoms with Gasteiger partial charge in [-0.2, -0.15) is 0 Å². The van der Waals surface area contributed by atoms with Crippen molar-refractivity contribution in [1.82, 2.24) is 5.32 Å². The summed E-state index contributed by atoms with van der Waals surface area (Å²) in [7, 11) is 0. The van der Waals surface area contributed by atoms with E-state index in [4.69, 9.17) is 0 Å². The Hall–Kier alpha value is -0.0400. The van der Waals surface area contributed by atoms with Crippen LogP contribution in [0.3, 0.4) is 0 Å². The van der Waals surface area contributed by atoms with Crippen LogP contribution in [0.25, 0.3) is 0 Å². The van der Waals surface area contributed by atoms with Gasteiger partial charge >= 0.3 is 0 Å². The first-order valence-electron chi connectivity index (χ1n) is 8.88. The minimum Gasteiger partial charge on any atom is -0.313 e. The molecule has 3 fully saturated rings. The SMILES string of the molecule is CC1CCC(C(C)C)C(NCC(C2CC2)C2CC2)C1. The van der Waals surface area contributed by atoms with Gasteiger partial charge in [0.25, 0.3) is 0 Å². The Kier molecular flexibility index (Phi) is 4.22. The second-order valence-electron chi connectivity index (χ2n) is 8.18. The molecule has 0 saturated heterocycles. The normalized spacial score (nSPS) is 36.2. The Morgan fingerprint density at radius 2 is 1.58 bits per heavy atom. The highest BCUT2D eigenvalue weighted by atomic mass is 14.9. The summed E-state index contributed by atoms with van der Waals surface area (Å²) in [5.74, 6) is 5.94. The van der Waals surface area contributed by atoms with E-state index in [1.807, 2.05) is 0 Å². The molecular weight excluding hydrogens is 230 g/mol. The predicted molar refractivity (Wildman–Crippen MR) is 82.1 cm³/mol. The zero-order valence-corrected chi connectivity index (χ0v) is 13.2. The fraction of sp³-hybridized carbons (Fsp3) is 1.00. The molecule has 3 rings (SSSR count). The second-order valence-corrected chi connectivity index (χ2v) is 8.18. The van der Waals surface area contributed by atoms with Gasteiger partial charge in [-0.3, -0.25) is 0 Å². The summed E-state index contributed by atoms with van der Waals surface area (Å²) < 4.78 is 0. The number of hydrogen-bond acceptors (Lipinski definition) is 1. The molecule has 0 aliphatic heterocycles. The standard InChI is InChI=1S/C18H33N/c1-12(2)16-9-4-13(3)10-18(16)19-11-17(14-5-6-14)15-7-8-15/h12-19H,4-11H2,1-3H3. The molecule has 0 aromatic heterocycles. The maximum absolute atomic E-state index is 4.03. The van der Waals surface area contributed by atoms with Crippen LogP contribution < -0.4 is 5.32 Å². The van der Waals surface area contributed by atoms with Gasteiger partial charge in [0.15, 0.2) is 0 Å². The van der Waals surface area contributed by atoms with Gasteiger partial charge in [0, 0.05) is 6.04 Å². The first-order chi connectivity index (χ1) is 9.15. The van der Waals surface area contributed by atoms with E-state index in [0.717, 1.165) is 41.5 Å². The second kappa shape index (κ2) is 5.76. The number of hydrogen-bond donors (Lipinski definition) is 1. The van der Waals surface area contributed by atoms with E-state index in [2.05, 4.69) is 26.1 Å². The van der Waals surface area contributed by atoms with Crippen molar-refractivity contribution >= 4 is 0 Å². The van der Waals surface area contributed by atoms with E-state index in [1.54, 1.807) is 0 Å². The Labute approximate surface area is 119 Å². The van der Waals surface area contributed by atoms with Crippen LogP contribution in [0.5, 0.6) is 0 Å². The van der Waals surface area contributed by atoms with Crippen molar-refractivity contribution in [2.24, 2.45) is 35.5 Å². The molecule has 1 heteroatoms. The Bertz CT molecular complexity index is 278. The van der Waals surface area contributed by atoms with Crippen LogP contribution in [0, 0.1) is 35.5 Å². The quantitative estimate of drug-likeness (QED) is 0.745. The molecule has 3 saturated carbocycles. The molecule has 0 radical (unpaired) electrons. The monoisotopic (exact) mass is 263 g/mol. The smallest absolute Gasteiger partial charge is 0.0100 e. The molecule has 0 amide bonds. The van der Waals surface area contributed by atoms with Crippen LogP contribution in [0.15, 0.2) is 0 Å². The summed E-state index contributed by atoms with van der Waals surface area (Å²) in [6.45, 7) is 8.63. The summed E-state index contributed by atoms with van der Waals surface area (Å²) in [5, 5.41) is 4.03. The van der Waals surface area contributed by atoms with Crippen molar-refractivity contribution in [3.8, 4) is 0 Å². The molecule has 1 N–H and O–H groups in total. The summed E-state index contributed by atoms with van der Waals surface area (Å²) in [5.41, 5.74) is 0. The van der Waals surface area contributed by atoms with Gasteiger partial charge in [-0.05, 0) is 80.6 Å². The van der Waals surface area contributed by atoms with Crippen molar-refractivity contribution in [2.45, 2.75) is 71.8 Å². The fourth-order valence-electron chi connectivity index (χ4n) is 4.49. The third-order valence-electron chi connectivity index (χ3n) is 6.09. The van der Waals surface area contributed by atoms with E-state index in [-0.39, 0.29) is 0 Å². The molecule has 0 bridgehead atoms. The van der Waals surface area contributed by atoms with Gasteiger partial charge < -0.3 is 5.32 Å². The lowest BCUT2D eigenvalue weighted by atomic mass is 9.74. The molecule has 0 aromatic carbocycles. The largest absolute Gasteiger partial charge is 0.313 e. The van der Waals surface area contributed by atoms with Crippen molar-refractivity contribution < 1.29 is 0 Å². The summed E-state index contributed by atoms with van der Waals surface area (Å²) in [6.07, 6.45) is 10.4. The summed E-state index contributed by atoms with van der Waals surface area (Å²) >= 11 is 0. The Morgan fingerprint density at radius 3 is 2.11 bits per heavy atom. The zero-order chi connectivity index (χ0) is 13.4. The molecule has 1 nitrogen and oxygen atoms in total. The van der Waals surface area contributed by atoms with Crippen molar-refractivity contribution in [1.29, 1.82) is 0 Å². The average Bonchev–Trinajstić information content (AvgIpc) is 3.24. The van der Waals surface area contributed by atoms with Crippen LogP contribution >= 0.6 is 0 Å². The molecule has 0 spiro atoms. The molecule has 3 unspecified atom stereocenters. The van der Waals surface area contributed by atoms with Crippen molar-refractivity contribution in [3.05, 3.63) is 0 Å². The molecule has 3 atom stereocenters. The lowest BCUT2D eigenvalue weighted by Gasteiger charge is -2.38. The first-order valence-corrected chi connectivity index (χ1v) is 8.88. The van der Waals surface area contributed by atoms with E-state index >= 15 is 0 Å². The van der Waals surface area contributed by atoms with E-state index in [1.165, 1.54) is 51.5 Å². The Balaban J connectivity index is 1.53. The van der Waals surface area contributed by atoms with E-state index in [0.29, 0.717) is 0 Å². The van der Waals surface area contributed by atoms with Gasteiger partial charge in [-0.25, -0.2) is 0 Å². The predicted octanol–water partition coefficient (Wildman–Crippen LogP) is 4.47. The molecule has 3 aliphatic carbocycles. The average molecular weight is 263 g/mol. The summed E-state index contributed by atoms with van der Waals surface area (Å²) in [6, 6.07) is 0.809.